The van der Waals surface area contributed by atoms with E-state index in [4.69, 9.17) is 14.2 Å². The van der Waals surface area contributed by atoms with Crippen LogP contribution in [0, 0.1) is 17.2 Å². The second kappa shape index (κ2) is 13.5. The van der Waals surface area contributed by atoms with E-state index in [1.54, 1.807) is 18.2 Å². The number of nitrogens with zero attached hydrogens (tertiary/aromatic N) is 1. The van der Waals surface area contributed by atoms with E-state index < -0.39 is 0 Å². The predicted molar refractivity (Wildman–Crippen MR) is 159 cm³/mol. The predicted octanol–water partition coefficient (Wildman–Crippen LogP) is 6.11. The highest BCUT2D eigenvalue weighted by atomic mass is 16.7. The fourth-order valence-electron chi connectivity index (χ4n) is 5.15. The smallest absolute Gasteiger partial charge is 0.302 e. The minimum atomic E-state index is -0.377. The number of rotatable bonds is 11. The molecule has 0 aliphatic carbocycles. The minimum Gasteiger partial charge on any atom is -0.465 e. The highest BCUT2D eigenvalue weighted by Gasteiger charge is 2.26. The third-order valence-corrected chi connectivity index (χ3v) is 7.38. The summed E-state index contributed by atoms with van der Waals surface area (Å²) in [4.78, 5) is 25.4. The molecule has 5 rings (SSSR count). The molecule has 0 fully saturated rings. The summed E-state index contributed by atoms with van der Waals surface area (Å²) in [5, 5.41) is 12.6. The average Bonchev–Trinajstić information content (AvgIpc) is 3.50. The van der Waals surface area contributed by atoms with Crippen LogP contribution in [0.3, 0.4) is 0 Å². The van der Waals surface area contributed by atoms with E-state index in [9.17, 15) is 14.9 Å². The van der Waals surface area contributed by atoms with E-state index in [-0.39, 0.29) is 37.2 Å². The molecule has 7 heteroatoms. The van der Waals surface area contributed by atoms with Crippen LogP contribution in [-0.4, -0.2) is 31.3 Å². The van der Waals surface area contributed by atoms with Crippen molar-refractivity contribution in [3.05, 3.63) is 119 Å². The molecule has 1 heterocycles. The topological polar surface area (TPSA) is 97.7 Å². The van der Waals surface area contributed by atoms with E-state index >= 15 is 0 Å². The summed E-state index contributed by atoms with van der Waals surface area (Å²) >= 11 is 0. The summed E-state index contributed by atoms with van der Waals surface area (Å²) in [6.07, 6.45) is 1.92. The number of hydrogen-bond donors (Lipinski definition) is 1. The molecule has 0 aromatic heterocycles. The van der Waals surface area contributed by atoms with Gasteiger partial charge in [0, 0.05) is 24.4 Å². The van der Waals surface area contributed by atoms with Crippen LogP contribution in [0.2, 0.25) is 0 Å². The zero-order valence-electron chi connectivity index (χ0n) is 23.4. The fourth-order valence-corrected chi connectivity index (χ4v) is 5.15. The number of nitrogens with one attached hydrogen (secondary N) is 1. The molecule has 0 radical (unpaired) electrons. The number of fused-ring (bicyclic) bond motifs is 1. The normalized spacial score (nSPS) is 13.0. The molecule has 1 aliphatic rings. The van der Waals surface area contributed by atoms with Gasteiger partial charge in [0.25, 0.3) is 5.91 Å². The number of amides is 1. The molecule has 42 heavy (non-hydrogen) atoms. The first kappa shape index (κ1) is 28.4. The Kier molecular flexibility index (Phi) is 9.15. The first-order chi connectivity index (χ1) is 20.5. The molecule has 7 nitrogen and oxygen atoms in total. The van der Waals surface area contributed by atoms with Gasteiger partial charge >= 0.3 is 5.97 Å². The number of carbonyl (C=O) groups excluding carboxylic acids is 2. The lowest BCUT2D eigenvalue weighted by atomic mass is 9.88. The third-order valence-electron chi connectivity index (χ3n) is 7.38. The standard InChI is InChI=1S/C35H32N2O5/c1-24(38)40-22-31(19-26-8-5-9-27(18-26)21-36)32(16-10-25-6-3-2-4-7-25)37-35(39)29-13-11-28(12-14-29)30-15-17-33-34(20-30)42-23-41-33/h2-9,11-15,17-18,20,31-32H,10,16,19,22-23H2,1H3,(H,37,39). The summed E-state index contributed by atoms with van der Waals surface area (Å²) < 4.78 is 16.4. The summed E-state index contributed by atoms with van der Waals surface area (Å²) in [5.74, 6) is 0.638. The van der Waals surface area contributed by atoms with E-state index in [2.05, 4.69) is 23.5 Å². The molecule has 0 bridgehead atoms. The Labute approximate surface area is 245 Å². The van der Waals surface area contributed by atoms with Gasteiger partial charge in [-0.3, -0.25) is 9.59 Å². The Balaban J connectivity index is 1.36. The summed E-state index contributed by atoms with van der Waals surface area (Å²) in [7, 11) is 0. The maximum Gasteiger partial charge on any atom is 0.302 e. The van der Waals surface area contributed by atoms with Crippen LogP contribution >= 0.6 is 0 Å². The van der Waals surface area contributed by atoms with E-state index in [1.165, 1.54) is 6.92 Å². The maximum atomic E-state index is 13.6. The molecular formula is C35H32N2O5. The molecule has 2 atom stereocenters. The first-order valence-electron chi connectivity index (χ1n) is 14.0. The quantitative estimate of drug-likeness (QED) is 0.222. The number of hydrogen-bond acceptors (Lipinski definition) is 6. The van der Waals surface area contributed by atoms with Gasteiger partial charge in [0.15, 0.2) is 11.5 Å². The number of ether oxygens (including phenoxy) is 3. The molecule has 1 N–H and O–H groups in total. The molecule has 1 amide bonds. The average molecular weight is 561 g/mol. The van der Waals surface area contributed by atoms with Crippen LogP contribution in [0.5, 0.6) is 11.5 Å². The van der Waals surface area contributed by atoms with Gasteiger partial charge in [-0.25, -0.2) is 0 Å². The highest BCUT2D eigenvalue weighted by molar-refractivity contribution is 5.95. The molecular weight excluding hydrogens is 528 g/mol. The second-order valence-electron chi connectivity index (χ2n) is 10.3. The van der Waals surface area contributed by atoms with Crippen LogP contribution in [-0.2, 0) is 22.4 Å². The van der Waals surface area contributed by atoms with Crippen LogP contribution in [0.1, 0.15) is 40.4 Å². The van der Waals surface area contributed by atoms with E-state index in [0.717, 1.165) is 34.4 Å². The highest BCUT2D eigenvalue weighted by Crippen LogP contribution is 2.36. The number of esters is 1. The lowest BCUT2D eigenvalue weighted by Gasteiger charge is -2.28. The van der Waals surface area contributed by atoms with Gasteiger partial charge in [0.1, 0.15) is 0 Å². The van der Waals surface area contributed by atoms with E-state index in [1.807, 2.05) is 66.7 Å². The molecule has 4 aromatic rings. The van der Waals surface area contributed by atoms with Crippen molar-refractivity contribution in [1.82, 2.24) is 5.32 Å². The SMILES string of the molecule is CC(=O)OCC(Cc1cccc(C#N)c1)C(CCc1ccccc1)NC(=O)c1ccc(-c2ccc3c(c2)OCO3)cc1. The fraction of sp³-hybridized carbons (Fsp3) is 0.229. The molecule has 1 aliphatic heterocycles. The number of benzene rings is 4. The molecule has 0 spiro atoms. The Morgan fingerprint density at radius 1 is 0.881 bits per heavy atom. The molecule has 2 unspecified atom stereocenters. The van der Waals surface area contributed by atoms with Crippen molar-refractivity contribution >= 4 is 11.9 Å². The first-order valence-corrected chi connectivity index (χ1v) is 14.0. The number of aryl methyl sites for hydroxylation is 1. The van der Waals surface area contributed by atoms with Gasteiger partial charge in [-0.15, -0.1) is 0 Å². The summed E-state index contributed by atoms with van der Waals surface area (Å²) in [6.45, 7) is 1.74. The number of nitriles is 1. The lowest BCUT2D eigenvalue weighted by Crippen LogP contribution is -2.43. The Morgan fingerprint density at radius 2 is 1.62 bits per heavy atom. The summed E-state index contributed by atoms with van der Waals surface area (Å²) in [5.41, 5.74) is 5.11. The monoisotopic (exact) mass is 560 g/mol. The van der Waals surface area contributed by atoms with Crippen LogP contribution < -0.4 is 14.8 Å². The van der Waals surface area contributed by atoms with Crippen molar-refractivity contribution in [3.63, 3.8) is 0 Å². The van der Waals surface area contributed by atoms with Gasteiger partial charge in [0.05, 0.1) is 18.2 Å². The van der Waals surface area contributed by atoms with Gasteiger partial charge in [-0.1, -0.05) is 60.7 Å². The maximum absolute atomic E-state index is 13.6. The van der Waals surface area contributed by atoms with Crippen molar-refractivity contribution < 1.29 is 23.8 Å². The zero-order chi connectivity index (χ0) is 29.3. The lowest BCUT2D eigenvalue weighted by molar-refractivity contribution is -0.142. The summed E-state index contributed by atoms with van der Waals surface area (Å²) in [6, 6.07) is 32.6. The van der Waals surface area contributed by atoms with Crippen LogP contribution in [0.4, 0.5) is 0 Å². The van der Waals surface area contributed by atoms with Crippen LogP contribution in [0.25, 0.3) is 11.1 Å². The Hall–Kier alpha value is -5.09. The van der Waals surface area contributed by atoms with Gasteiger partial charge in [-0.05, 0) is 77.9 Å². The Bertz CT molecular complexity index is 1580. The minimum absolute atomic E-state index is 0.148. The van der Waals surface area contributed by atoms with Gasteiger partial charge < -0.3 is 19.5 Å². The Morgan fingerprint density at radius 3 is 2.38 bits per heavy atom. The molecule has 4 aromatic carbocycles. The van der Waals surface area contributed by atoms with Crippen molar-refractivity contribution in [1.29, 1.82) is 5.26 Å². The van der Waals surface area contributed by atoms with E-state index in [0.29, 0.717) is 29.7 Å². The number of carbonyl (C=O) groups is 2. The van der Waals surface area contributed by atoms with Gasteiger partial charge in [0.2, 0.25) is 6.79 Å². The van der Waals surface area contributed by atoms with Crippen molar-refractivity contribution in [2.45, 2.75) is 32.2 Å². The molecule has 0 saturated carbocycles. The zero-order valence-corrected chi connectivity index (χ0v) is 23.4. The van der Waals surface area contributed by atoms with Crippen molar-refractivity contribution in [3.8, 4) is 28.7 Å². The van der Waals surface area contributed by atoms with Crippen LogP contribution in [0.15, 0.2) is 97.1 Å². The second-order valence-corrected chi connectivity index (χ2v) is 10.3. The van der Waals surface area contributed by atoms with Crippen molar-refractivity contribution in [2.75, 3.05) is 13.4 Å². The third kappa shape index (κ3) is 7.35. The largest absolute Gasteiger partial charge is 0.465 e. The van der Waals surface area contributed by atoms with Gasteiger partial charge in [-0.2, -0.15) is 5.26 Å². The molecule has 212 valence electrons. The van der Waals surface area contributed by atoms with Crippen molar-refractivity contribution in [2.24, 2.45) is 5.92 Å². The molecule has 0 saturated heterocycles.